The SMILES string of the molecule is COc1cc(F)c(-n2cc(C(=O)N3CCNC(=O)C3)nc2NC(=O)c2ccc(OC(F)F)cc2)c(F)c1. The van der Waals surface area contributed by atoms with Crippen molar-refractivity contribution >= 4 is 23.7 Å². The highest BCUT2D eigenvalue weighted by atomic mass is 19.3. The summed E-state index contributed by atoms with van der Waals surface area (Å²) < 4.78 is 64.5. The van der Waals surface area contributed by atoms with E-state index in [0.29, 0.717) is 0 Å². The number of anilines is 1. The molecule has 194 valence electrons. The summed E-state index contributed by atoms with van der Waals surface area (Å²) in [6, 6.07) is 6.45. The van der Waals surface area contributed by atoms with Gasteiger partial charge in [0.15, 0.2) is 11.6 Å². The molecule has 1 aliphatic heterocycles. The van der Waals surface area contributed by atoms with Gasteiger partial charge >= 0.3 is 6.61 Å². The fourth-order valence-electron chi connectivity index (χ4n) is 3.57. The first-order valence-electron chi connectivity index (χ1n) is 10.7. The van der Waals surface area contributed by atoms with E-state index in [1.165, 1.54) is 24.1 Å². The summed E-state index contributed by atoms with van der Waals surface area (Å²) in [5, 5.41) is 4.93. The van der Waals surface area contributed by atoms with Crippen molar-refractivity contribution in [3.05, 3.63) is 65.5 Å². The second-order valence-electron chi connectivity index (χ2n) is 7.69. The molecule has 0 radical (unpaired) electrons. The molecule has 14 heteroatoms. The summed E-state index contributed by atoms with van der Waals surface area (Å²) in [5.41, 5.74) is -0.965. The largest absolute Gasteiger partial charge is 0.497 e. The number of nitrogens with zero attached hydrogens (tertiary/aromatic N) is 3. The number of imidazole rings is 1. The van der Waals surface area contributed by atoms with Gasteiger partial charge in [-0.15, -0.1) is 0 Å². The highest BCUT2D eigenvalue weighted by Crippen LogP contribution is 2.28. The Hall–Kier alpha value is -4.62. The average molecular weight is 521 g/mol. The number of piperazine rings is 1. The Morgan fingerprint density at radius 3 is 2.38 bits per heavy atom. The van der Waals surface area contributed by atoms with Crippen LogP contribution in [0.25, 0.3) is 5.69 Å². The molecule has 2 heterocycles. The van der Waals surface area contributed by atoms with E-state index >= 15 is 0 Å². The van der Waals surface area contributed by atoms with E-state index < -0.39 is 41.7 Å². The number of aromatic nitrogens is 2. The lowest BCUT2D eigenvalue weighted by molar-refractivity contribution is -0.123. The third kappa shape index (κ3) is 5.63. The van der Waals surface area contributed by atoms with E-state index in [1.807, 2.05) is 0 Å². The molecule has 1 saturated heterocycles. The highest BCUT2D eigenvalue weighted by Gasteiger charge is 2.27. The van der Waals surface area contributed by atoms with Crippen molar-refractivity contribution in [2.45, 2.75) is 6.61 Å². The molecule has 37 heavy (non-hydrogen) atoms. The topological polar surface area (TPSA) is 115 Å². The summed E-state index contributed by atoms with van der Waals surface area (Å²) in [6.07, 6.45) is 1.03. The number of rotatable bonds is 7. The number of nitrogens with one attached hydrogen (secondary N) is 2. The van der Waals surface area contributed by atoms with Crippen LogP contribution < -0.4 is 20.1 Å². The van der Waals surface area contributed by atoms with Gasteiger partial charge in [-0.2, -0.15) is 8.78 Å². The van der Waals surface area contributed by atoms with Gasteiger partial charge in [-0.05, 0) is 24.3 Å². The van der Waals surface area contributed by atoms with Crippen LogP contribution in [0.2, 0.25) is 0 Å². The van der Waals surface area contributed by atoms with Crippen LogP contribution >= 0.6 is 0 Å². The Morgan fingerprint density at radius 2 is 1.78 bits per heavy atom. The van der Waals surface area contributed by atoms with Crippen LogP contribution in [0.15, 0.2) is 42.6 Å². The maximum Gasteiger partial charge on any atom is 0.387 e. The van der Waals surface area contributed by atoms with E-state index in [9.17, 15) is 31.9 Å². The van der Waals surface area contributed by atoms with Gasteiger partial charge in [-0.1, -0.05) is 0 Å². The molecule has 0 bridgehead atoms. The van der Waals surface area contributed by atoms with Crippen molar-refractivity contribution in [1.82, 2.24) is 19.8 Å². The number of hydrogen-bond donors (Lipinski definition) is 2. The molecule has 0 unspecified atom stereocenters. The summed E-state index contributed by atoms with van der Waals surface area (Å²) in [7, 11) is 1.22. The van der Waals surface area contributed by atoms with E-state index in [4.69, 9.17) is 4.74 Å². The van der Waals surface area contributed by atoms with Crippen LogP contribution in [0, 0.1) is 11.6 Å². The van der Waals surface area contributed by atoms with Gasteiger partial charge in [0.05, 0.1) is 13.7 Å². The highest BCUT2D eigenvalue weighted by molar-refractivity contribution is 6.04. The molecule has 3 amide bonds. The molecule has 10 nitrogen and oxygen atoms in total. The Kier molecular flexibility index (Phi) is 7.27. The fourth-order valence-corrected chi connectivity index (χ4v) is 3.57. The first-order valence-corrected chi connectivity index (χ1v) is 10.7. The predicted octanol–water partition coefficient (Wildman–Crippen LogP) is 2.58. The average Bonchev–Trinajstić information content (AvgIpc) is 3.26. The van der Waals surface area contributed by atoms with Crippen LogP contribution in [0.1, 0.15) is 20.8 Å². The van der Waals surface area contributed by atoms with Crippen LogP contribution in [-0.4, -0.2) is 65.5 Å². The Bertz CT molecular complexity index is 1320. The van der Waals surface area contributed by atoms with Crippen LogP contribution in [0.4, 0.5) is 23.5 Å². The van der Waals surface area contributed by atoms with Gasteiger partial charge in [0.1, 0.15) is 22.9 Å². The summed E-state index contributed by atoms with van der Waals surface area (Å²) in [4.78, 5) is 42.7. The van der Waals surface area contributed by atoms with Gasteiger partial charge in [0, 0.05) is 37.0 Å². The minimum Gasteiger partial charge on any atom is -0.497 e. The number of benzene rings is 2. The first kappa shape index (κ1) is 25.5. The summed E-state index contributed by atoms with van der Waals surface area (Å²) >= 11 is 0. The second kappa shape index (κ2) is 10.6. The molecule has 0 saturated carbocycles. The monoisotopic (exact) mass is 521 g/mol. The zero-order chi connectivity index (χ0) is 26.7. The number of hydrogen-bond acceptors (Lipinski definition) is 6. The number of carbonyl (C=O) groups excluding carboxylic acids is 3. The van der Waals surface area contributed by atoms with Crippen molar-refractivity contribution in [3.8, 4) is 17.2 Å². The number of carbonyl (C=O) groups is 3. The standard InChI is InChI=1S/C23H19F4N5O5/c1-36-14-8-15(24)19(16(25)9-14)32-10-17(21(35)31-7-6-28-18(33)11-31)29-23(32)30-20(34)12-2-4-13(5-3-12)37-22(26)27/h2-5,8-10,22H,6-7,11H2,1H3,(H,28,33)(H,29,30,34). The Labute approximate surface area is 206 Å². The Balaban J connectivity index is 1.70. The Morgan fingerprint density at radius 1 is 1.11 bits per heavy atom. The number of amides is 3. The minimum absolute atomic E-state index is 0.0209. The lowest BCUT2D eigenvalue weighted by Gasteiger charge is -2.25. The quantitative estimate of drug-likeness (QED) is 0.462. The lowest BCUT2D eigenvalue weighted by Crippen LogP contribution is -2.50. The second-order valence-corrected chi connectivity index (χ2v) is 7.69. The zero-order valence-corrected chi connectivity index (χ0v) is 19.1. The molecular weight excluding hydrogens is 502 g/mol. The first-order chi connectivity index (χ1) is 17.7. The zero-order valence-electron chi connectivity index (χ0n) is 19.1. The van der Waals surface area contributed by atoms with Gasteiger partial charge in [-0.25, -0.2) is 13.8 Å². The molecule has 2 N–H and O–H groups in total. The smallest absolute Gasteiger partial charge is 0.387 e. The lowest BCUT2D eigenvalue weighted by atomic mass is 10.2. The van der Waals surface area contributed by atoms with Gasteiger partial charge in [0.2, 0.25) is 11.9 Å². The minimum atomic E-state index is -3.05. The molecule has 1 aromatic heterocycles. The molecule has 0 spiro atoms. The molecule has 1 fully saturated rings. The molecule has 0 atom stereocenters. The molecule has 4 rings (SSSR count). The number of ether oxygens (including phenoxy) is 2. The van der Waals surface area contributed by atoms with Crippen LogP contribution in [0.5, 0.6) is 11.5 Å². The third-order valence-electron chi connectivity index (χ3n) is 5.28. The van der Waals surface area contributed by atoms with Gasteiger partial charge in [0.25, 0.3) is 11.8 Å². The fraction of sp³-hybridized carbons (Fsp3) is 0.217. The third-order valence-corrected chi connectivity index (χ3v) is 5.28. The van der Waals surface area contributed by atoms with Crippen molar-refractivity contribution in [3.63, 3.8) is 0 Å². The van der Waals surface area contributed by atoms with Crippen molar-refractivity contribution in [2.75, 3.05) is 32.1 Å². The number of alkyl halides is 2. The van der Waals surface area contributed by atoms with Crippen molar-refractivity contribution in [2.24, 2.45) is 0 Å². The number of halogens is 4. The molecular formula is C23H19F4N5O5. The molecule has 2 aromatic carbocycles. The molecule has 3 aromatic rings. The maximum absolute atomic E-state index is 14.9. The van der Waals surface area contributed by atoms with E-state index in [-0.39, 0.29) is 48.3 Å². The predicted molar refractivity (Wildman–Crippen MR) is 120 cm³/mol. The maximum atomic E-state index is 14.9. The molecule has 1 aliphatic rings. The van der Waals surface area contributed by atoms with Crippen molar-refractivity contribution in [1.29, 1.82) is 0 Å². The molecule has 0 aliphatic carbocycles. The van der Waals surface area contributed by atoms with E-state index in [1.54, 1.807) is 0 Å². The van der Waals surface area contributed by atoms with Crippen LogP contribution in [-0.2, 0) is 4.79 Å². The summed E-state index contributed by atoms with van der Waals surface area (Å²) in [5.74, 6) is -4.76. The van der Waals surface area contributed by atoms with Crippen LogP contribution in [0.3, 0.4) is 0 Å². The van der Waals surface area contributed by atoms with Crippen molar-refractivity contribution < 1.29 is 41.4 Å². The normalized spacial score (nSPS) is 13.4. The van der Waals surface area contributed by atoms with Gasteiger partial charge in [-0.3, -0.25) is 24.3 Å². The van der Waals surface area contributed by atoms with E-state index in [0.717, 1.165) is 35.0 Å². The van der Waals surface area contributed by atoms with Gasteiger partial charge < -0.3 is 19.7 Å². The number of methoxy groups -OCH3 is 1. The van der Waals surface area contributed by atoms with E-state index in [2.05, 4.69) is 20.4 Å². The summed E-state index contributed by atoms with van der Waals surface area (Å²) in [6.45, 7) is -2.91.